The summed E-state index contributed by atoms with van der Waals surface area (Å²) < 4.78 is 34.6. The first-order chi connectivity index (χ1) is 36.0. The van der Waals surface area contributed by atoms with Crippen LogP contribution in [0.3, 0.4) is 0 Å². The van der Waals surface area contributed by atoms with Gasteiger partial charge < -0.3 is 18.9 Å². The predicted octanol–water partition coefficient (Wildman–Crippen LogP) is 19.9. The quantitative estimate of drug-likeness (QED) is 0.0211. The van der Waals surface area contributed by atoms with E-state index < -0.39 is 26.5 Å². The summed E-state index contributed by atoms with van der Waals surface area (Å²) >= 11 is 0. The van der Waals surface area contributed by atoms with Crippen LogP contribution in [0.4, 0.5) is 0 Å². The average molecular weight is 1070 g/mol. The van der Waals surface area contributed by atoms with Gasteiger partial charge in [-0.2, -0.15) is 0 Å². The first kappa shape index (κ1) is 72.2. The van der Waals surface area contributed by atoms with E-state index in [1.54, 1.807) is 0 Å². The Bertz CT molecular complexity index is 1340. The minimum Gasteiger partial charge on any atom is -0.462 e. The second kappa shape index (κ2) is 56.0. The molecule has 2 atom stereocenters. The highest BCUT2D eigenvalue weighted by molar-refractivity contribution is 7.47. The Morgan fingerprint density at radius 1 is 0.419 bits per heavy atom. The third-order valence-corrected chi connectivity index (χ3v) is 15.2. The highest BCUT2D eigenvalue weighted by atomic mass is 31.2. The molecule has 0 saturated heterocycles. The minimum atomic E-state index is -4.39. The van der Waals surface area contributed by atoms with Crippen LogP contribution in [0.25, 0.3) is 0 Å². The molecule has 436 valence electrons. The Balaban J connectivity index is 4.09. The number of unbranched alkanes of at least 4 members (excludes halogenated alkanes) is 39. The zero-order valence-electron chi connectivity index (χ0n) is 49.6. The molecule has 0 aromatic rings. The number of likely N-dealkylation sites (N-methyl/N-ethyl adjacent to an activating group) is 1. The van der Waals surface area contributed by atoms with Crippen LogP contribution >= 0.6 is 7.82 Å². The number of hydrogen-bond donors (Lipinski definition) is 1. The van der Waals surface area contributed by atoms with Gasteiger partial charge in [0.25, 0.3) is 0 Å². The third kappa shape index (κ3) is 59.5. The number of quaternary nitrogens is 1. The number of esters is 2. The van der Waals surface area contributed by atoms with Crippen LogP contribution in [-0.2, 0) is 32.7 Å². The van der Waals surface area contributed by atoms with Crippen molar-refractivity contribution in [1.29, 1.82) is 0 Å². The van der Waals surface area contributed by atoms with E-state index in [0.29, 0.717) is 23.9 Å². The van der Waals surface area contributed by atoms with Gasteiger partial charge in [0.2, 0.25) is 0 Å². The first-order valence-corrected chi connectivity index (χ1v) is 33.2. The van der Waals surface area contributed by atoms with E-state index in [2.05, 4.69) is 50.3 Å². The van der Waals surface area contributed by atoms with Crippen molar-refractivity contribution < 1.29 is 42.1 Å². The molecule has 0 aromatic carbocycles. The van der Waals surface area contributed by atoms with Crippen molar-refractivity contribution in [3.8, 4) is 0 Å². The number of phosphoric ester groups is 1. The normalized spacial score (nSPS) is 13.4. The Morgan fingerprint density at radius 2 is 0.730 bits per heavy atom. The summed E-state index contributed by atoms with van der Waals surface area (Å²) in [7, 11) is 1.48. The lowest BCUT2D eigenvalue weighted by atomic mass is 10.0. The maximum Gasteiger partial charge on any atom is 0.472 e. The average Bonchev–Trinajstić information content (AvgIpc) is 3.36. The second-order valence-electron chi connectivity index (χ2n) is 22.8. The van der Waals surface area contributed by atoms with Crippen LogP contribution < -0.4 is 0 Å². The standard InChI is InChI=1S/C64H122NO8P/c1-6-8-10-12-14-16-18-20-22-24-26-28-30-31-32-33-35-36-38-40-42-44-46-48-50-52-54-56-63(66)70-60-62(61-72-74(68,69)71-59-58-65(3,4)5)73-64(67)57-55-53-51-49-47-45-43-41-39-37-34-29-27-25-23-21-19-17-15-13-11-9-7-2/h19,21,25,27,34,37,62H,6-18,20,22-24,26,28-33,35-36,38-61H2,1-5H3/p+1/b21-19-,27-25-,37-34-. The van der Waals surface area contributed by atoms with Crippen molar-refractivity contribution in [3.63, 3.8) is 0 Å². The third-order valence-electron chi connectivity index (χ3n) is 14.2. The van der Waals surface area contributed by atoms with Gasteiger partial charge in [-0.3, -0.25) is 18.6 Å². The van der Waals surface area contributed by atoms with Crippen molar-refractivity contribution in [2.45, 2.75) is 315 Å². The molecule has 0 amide bonds. The van der Waals surface area contributed by atoms with Crippen LogP contribution in [0.15, 0.2) is 36.5 Å². The van der Waals surface area contributed by atoms with Crippen molar-refractivity contribution >= 4 is 19.8 Å². The summed E-state index contributed by atoms with van der Waals surface area (Å²) in [5, 5.41) is 0. The summed E-state index contributed by atoms with van der Waals surface area (Å²) in [6.45, 7) is 4.47. The van der Waals surface area contributed by atoms with Crippen molar-refractivity contribution in [2.24, 2.45) is 0 Å². The summed E-state index contributed by atoms with van der Waals surface area (Å²) in [6.07, 6.45) is 69.4. The Hall–Kier alpha value is -1.77. The van der Waals surface area contributed by atoms with Crippen LogP contribution in [0, 0.1) is 0 Å². The highest BCUT2D eigenvalue weighted by Crippen LogP contribution is 2.43. The van der Waals surface area contributed by atoms with Crippen LogP contribution in [0.5, 0.6) is 0 Å². The lowest BCUT2D eigenvalue weighted by Gasteiger charge is -2.24. The van der Waals surface area contributed by atoms with E-state index >= 15 is 0 Å². The van der Waals surface area contributed by atoms with E-state index in [1.165, 1.54) is 218 Å². The summed E-state index contributed by atoms with van der Waals surface area (Å²) in [6, 6.07) is 0. The topological polar surface area (TPSA) is 108 Å². The number of allylic oxidation sites excluding steroid dienone is 6. The predicted molar refractivity (Wildman–Crippen MR) is 317 cm³/mol. The Kier molecular flexibility index (Phi) is 54.6. The summed E-state index contributed by atoms with van der Waals surface area (Å²) in [5.74, 6) is -0.790. The molecule has 1 N–H and O–H groups in total. The molecule has 0 aliphatic carbocycles. The number of rotatable bonds is 59. The smallest absolute Gasteiger partial charge is 0.462 e. The number of ether oxygens (including phenoxy) is 2. The zero-order valence-corrected chi connectivity index (χ0v) is 50.5. The van der Waals surface area contributed by atoms with Gasteiger partial charge in [0.05, 0.1) is 27.7 Å². The first-order valence-electron chi connectivity index (χ1n) is 31.7. The van der Waals surface area contributed by atoms with E-state index in [9.17, 15) is 19.0 Å². The molecule has 0 fully saturated rings. The lowest BCUT2D eigenvalue weighted by molar-refractivity contribution is -0.870. The molecular weight excluding hydrogens is 942 g/mol. The SMILES string of the molecule is CCCCCCC/C=C\C/C=C\C/C=C\CCCCCCCCCCC(=O)OC(COC(=O)CCCCCCCCCCCCCCCCCCCCCCCCCCCCC)COP(=O)(O)OCC[N+](C)(C)C. The minimum absolute atomic E-state index is 0.0315. The molecule has 0 aliphatic heterocycles. The van der Waals surface area contributed by atoms with E-state index in [1.807, 2.05) is 21.1 Å². The molecule has 10 heteroatoms. The molecule has 74 heavy (non-hydrogen) atoms. The van der Waals surface area contributed by atoms with E-state index in [-0.39, 0.29) is 25.6 Å². The van der Waals surface area contributed by atoms with Crippen LogP contribution in [-0.4, -0.2) is 74.9 Å². The summed E-state index contributed by atoms with van der Waals surface area (Å²) in [5.41, 5.74) is 0. The molecule has 0 spiro atoms. The number of nitrogens with zero attached hydrogens (tertiary/aromatic N) is 1. The van der Waals surface area contributed by atoms with Gasteiger partial charge in [-0.1, -0.05) is 281 Å². The fourth-order valence-electron chi connectivity index (χ4n) is 9.26. The second-order valence-corrected chi connectivity index (χ2v) is 24.3. The van der Waals surface area contributed by atoms with E-state index in [4.69, 9.17) is 18.5 Å². The Labute approximate surface area is 459 Å². The van der Waals surface area contributed by atoms with Crippen molar-refractivity contribution in [1.82, 2.24) is 0 Å². The van der Waals surface area contributed by atoms with Crippen LogP contribution in [0.1, 0.15) is 309 Å². The number of carbonyl (C=O) groups excluding carboxylic acids is 2. The molecule has 0 aliphatic rings. The molecular formula is C64H123NO8P+. The molecule has 0 saturated carbocycles. The van der Waals surface area contributed by atoms with Crippen LogP contribution in [0.2, 0.25) is 0 Å². The fourth-order valence-corrected chi connectivity index (χ4v) is 10.0. The van der Waals surface area contributed by atoms with Crippen molar-refractivity contribution in [3.05, 3.63) is 36.5 Å². The molecule has 0 bridgehead atoms. The monoisotopic (exact) mass is 1060 g/mol. The van der Waals surface area contributed by atoms with Gasteiger partial charge in [0.1, 0.15) is 19.8 Å². The summed E-state index contributed by atoms with van der Waals surface area (Å²) in [4.78, 5) is 35.8. The fraction of sp³-hybridized carbons (Fsp3) is 0.875. The zero-order chi connectivity index (χ0) is 54.2. The number of hydrogen-bond acceptors (Lipinski definition) is 7. The molecule has 0 radical (unpaired) electrons. The van der Waals surface area contributed by atoms with Gasteiger partial charge in [-0.15, -0.1) is 0 Å². The molecule has 2 unspecified atom stereocenters. The largest absolute Gasteiger partial charge is 0.472 e. The Morgan fingerprint density at radius 3 is 1.08 bits per heavy atom. The van der Waals surface area contributed by atoms with Crippen molar-refractivity contribution in [2.75, 3.05) is 47.5 Å². The van der Waals surface area contributed by atoms with Gasteiger partial charge in [-0.25, -0.2) is 4.57 Å². The number of carbonyl (C=O) groups is 2. The molecule has 0 aromatic heterocycles. The number of phosphoric acid groups is 1. The van der Waals surface area contributed by atoms with Gasteiger partial charge in [0, 0.05) is 12.8 Å². The lowest BCUT2D eigenvalue weighted by Crippen LogP contribution is -2.37. The maximum absolute atomic E-state index is 12.8. The van der Waals surface area contributed by atoms with Gasteiger partial charge >= 0.3 is 19.8 Å². The highest BCUT2D eigenvalue weighted by Gasteiger charge is 2.27. The molecule has 0 heterocycles. The molecule has 9 nitrogen and oxygen atoms in total. The molecule has 0 rings (SSSR count). The van der Waals surface area contributed by atoms with E-state index in [0.717, 1.165) is 57.8 Å². The maximum atomic E-state index is 12.8. The van der Waals surface area contributed by atoms with Gasteiger partial charge in [-0.05, 0) is 51.4 Å². The van der Waals surface area contributed by atoms with Gasteiger partial charge in [0.15, 0.2) is 6.10 Å².